The molecule has 2 aliphatic rings. The number of benzene rings is 3. The van der Waals surface area contributed by atoms with E-state index >= 15 is 0 Å². The SMILES string of the molecule is Fc1ccc([N-]C2CC2)cc1.O=C(CC1(C(=O)O)CC[N-]CC1)N(c1ccccc1)c1ccccc1.[Y]. The topological polar surface area (TPSA) is 85.8 Å². The number of nitrogens with zero attached hydrogens (tertiary/aromatic N) is 3. The van der Waals surface area contributed by atoms with Gasteiger partial charge in [0.2, 0.25) is 5.91 Å². The van der Waals surface area contributed by atoms with E-state index in [4.69, 9.17) is 0 Å². The molecule has 191 valence electrons. The minimum Gasteiger partial charge on any atom is -0.682 e. The fourth-order valence-corrected chi connectivity index (χ4v) is 4.19. The predicted octanol–water partition coefficient (Wildman–Crippen LogP) is 6.97. The number of carbonyl (C=O) groups is 2. The van der Waals surface area contributed by atoms with Gasteiger partial charge in [-0.15, -0.1) is 24.8 Å². The van der Waals surface area contributed by atoms with E-state index in [-0.39, 0.29) is 50.9 Å². The van der Waals surface area contributed by atoms with Crippen molar-refractivity contribution in [1.29, 1.82) is 0 Å². The molecule has 1 amide bonds. The fourth-order valence-electron chi connectivity index (χ4n) is 4.19. The van der Waals surface area contributed by atoms with Crippen LogP contribution in [0.5, 0.6) is 0 Å². The molecule has 0 spiro atoms. The van der Waals surface area contributed by atoms with E-state index in [2.05, 4.69) is 10.6 Å². The first-order chi connectivity index (χ1) is 17.5. The van der Waals surface area contributed by atoms with Gasteiger partial charge in [-0.2, -0.15) is 0 Å². The average Bonchev–Trinajstić information content (AvgIpc) is 3.72. The molecule has 1 radical (unpaired) electrons. The first-order valence-electron chi connectivity index (χ1n) is 12.2. The molecule has 0 bridgehead atoms. The van der Waals surface area contributed by atoms with E-state index < -0.39 is 11.4 Å². The zero-order chi connectivity index (χ0) is 25.4. The first kappa shape index (κ1) is 29.0. The molecule has 6 nitrogen and oxygen atoms in total. The number of rotatable bonds is 7. The van der Waals surface area contributed by atoms with Crippen molar-refractivity contribution in [3.05, 3.63) is 101 Å². The molecule has 0 unspecified atom stereocenters. The number of amides is 1. The summed E-state index contributed by atoms with van der Waals surface area (Å²) in [5, 5.41) is 18.3. The van der Waals surface area contributed by atoms with Gasteiger partial charge in [0.25, 0.3) is 0 Å². The summed E-state index contributed by atoms with van der Waals surface area (Å²) in [7, 11) is 0. The second kappa shape index (κ2) is 13.8. The maximum Gasteiger partial charge on any atom is 0.310 e. The van der Waals surface area contributed by atoms with Crippen molar-refractivity contribution in [1.82, 2.24) is 0 Å². The fraction of sp³-hybridized carbons (Fsp3) is 0.310. The number of aliphatic carboxylic acids is 1. The Balaban J connectivity index is 0.000000264. The largest absolute Gasteiger partial charge is 0.682 e. The van der Waals surface area contributed by atoms with Crippen LogP contribution in [0.1, 0.15) is 32.1 Å². The van der Waals surface area contributed by atoms with Gasteiger partial charge in [0.1, 0.15) is 5.82 Å². The summed E-state index contributed by atoms with van der Waals surface area (Å²) >= 11 is 0. The van der Waals surface area contributed by atoms with Crippen molar-refractivity contribution in [3.8, 4) is 0 Å². The molecule has 3 aromatic rings. The summed E-state index contributed by atoms with van der Waals surface area (Å²) in [4.78, 5) is 26.7. The van der Waals surface area contributed by atoms with Crippen molar-refractivity contribution in [2.45, 2.75) is 38.1 Å². The van der Waals surface area contributed by atoms with Crippen LogP contribution in [0, 0.1) is 11.2 Å². The third-order valence-electron chi connectivity index (χ3n) is 6.42. The van der Waals surface area contributed by atoms with Crippen molar-refractivity contribution in [2.24, 2.45) is 5.41 Å². The first-order valence-corrected chi connectivity index (χ1v) is 12.2. The van der Waals surface area contributed by atoms with Gasteiger partial charge in [0, 0.05) is 50.5 Å². The number of carbonyl (C=O) groups excluding carboxylic acids is 1. The second-order valence-corrected chi connectivity index (χ2v) is 9.17. The van der Waals surface area contributed by atoms with Crippen LogP contribution in [0.2, 0.25) is 0 Å². The maximum absolute atomic E-state index is 13.2. The van der Waals surface area contributed by atoms with E-state index in [9.17, 15) is 19.1 Å². The van der Waals surface area contributed by atoms with Gasteiger partial charge in [0.15, 0.2) is 0 Å². The van der Waals surface area contributed by atoms with Crippen molar-refractivity contribution in [3.63, 3.8) is 0 Å². The summed E-state index contributed by atoms with van der Waals surface area (Å²) in [6.45, 7) is 0.993. The third kappa shape index (κ3) is 8.19. The van der Waals surface area contributed by atoms with Gasteiger partial charge in [-0.25, -0.2) is 4.39 Å². The van der Waals surface area contributed by atoms with Gasteiger partial charge >= 0.3 is 5.97 Å². The van der Waals surface area contributed by atoms with Gasteiger partial charge < -0.3 is 15.7 Å². The van der Waals surface area contributed by atoms with Crippen molar-refractivity contribution in [2.75, 3.05) is 18.0 Å². The summed E-state index contributed by atoms with van der Waals surface area (Å²) in [6.07, 6.45) is 3.17. The minimum absolute atomic E-state index is 0. The van der Waals surface area contributed by atoms with Crippen molar-refractivity contribution < 1.29 is 51.8 Å². The molecule has 2 fully saturated rings. The predicted molar refractivity (Wildman–Crippen MR) is 139 cm³/mol. The van der Waals surface area contributed by atoms with Crippen LogP contribution in [0.15, 0.2) is 84.9 Å². The van der Waals surface area contributed by atoms with Crippen LogP contribution in [0.25, 0.3) is 10.6 Å². The molecule has 37 heavy (non-hydrogen) atoms. The minimum atomic E-state index is -1.03. The average molecular weight is 576 g/mol. The summed E-state index contributed by atoms with van der Waals surface area (Å²) in [5.41, 5.74) is 1.34. The molecular weight excluding hydrogens is 546 g/mol. The summed E-state index contributed by atoms with van der Waals surface area (Å²) < 4.78 is 12.4. The number of hydrogen-bond donors (Lipinski definition) is 1. The zero-order valence-corrected chi connectivity index (χ0v) is 23.5. The van der Waals surface area contributed by atoms with Crippen LogP contribution in [0.3, 0.4) is 0 Å². The van der Waals surface area contributed by atoms with Gasteiger partial charge in [-0.3, -0.25) is 14.5 Å². The van der Waals surface area contributed by atoms with E-state index in [1.165, 1.54) is 25.0 Å². The number of carboxylic acids is 1. The zero-order valence-electron chi connectivity index (χ0n) is 20.7. The van der Waals surface area contributed by atoms with E-state index in [0.29, 0.717) is 32.0 Å². The summed E-state index contributed by atoms with van der Waals surface area (Å²) in [6, 6.07) is 25.5. The molecule has 1 aliphatic heterocycles. The second-order valence-electron chi connectivity index (χ2n) is 9.17. The van der Waals surface area contributed by atoms with Crippen LogP contribution < -0.4 is 4.90 Å². The maximum atomic E-state index is 13.2. The van der Waals surface area contributed by atoms with E-state index in [1.54, 1.807) is 17.0 Å². The van der Waals surface area contributed by atoms with Crippen LogP contribution in [-0.2, 0) is 42.3 Å². The monoisotopic (exact) mass is 576 g/mol. The van der Waals surface area contributed by atoms with Crippen LogP contribution in [0.4, 0.5) is 21.5 Å². The van der Waals surface area contributed by atoms with Crippen LogP contribution >= 0.6 is 0 Å². The number of carboxylic acid groups (broad SMARTS) is 1. The Morgan fingerprint density at radius 3 is 1.86 bits per heavy atom. The molecule has 1 aliphatic carbocycles. The van der Waals surface area contributed by atoms with Crippen molar-refractivity contribution >= 4 is 28.9 Å². The van der Waals surface area contributed by atoms with Gasteiger partial charge in [-0.1, -0.05) is 74.2 Å². The Hall–Kier alpha value is -2.61. The van der Waals surface area contributed by atoms with E-state index in [1.807, 2.05) is 60.7 Å². The number of halogens is 1. The Bertz CT molecular complexity index is 1100. The van der Waals surface area contributed by atoms with Crippen LogP contribution in [-0.4, -0.2) is 36.1 Å². The quantitative estimate of drug-likeness (QED) is 0.330. The van der Waals surface area contributed by atoms with E-state index in [0.717, 1.165) is 17.1 Å². The Kier molecular flexibility index (Phi) is 10.8. The number of para-hydroxylation sites is 2. The molecule has 1 heterocycles. The smallest absolute Gasteiger partial charge is 0.310 e. The molecular formula is C29H30FN3O3Y-2. The third-order valence-corrected chi connectivity index (χ3v) is 6.42. The molecule has 5 rings (SSSR count). The summed E-state index contributed by atoms with van der Waals surface area (Å²) in [5.74, 6) is -1.31. The Labute approximate surface area is 242 Å². The normalized spacial score (nSPS) is 15.8. The van der Waals surface area contributed by atoms with Gasteiger partial charge in [-0.05, 0) is 36.4 Å². The molecule has 1 saturated heterocycles. The molecule has 1 saturated carbocycles. The Morgan fingerprint density at radius 2 is 1.41 bits per heavy atom. The number of piperidine rings is 1. The number of hydrogen-bond acceptors (Lipinski definition) is 2. The molecule has 0 aromatic heterocycles. The standard InChI is InChI=1S/C20H21N2O3.C9H9FN.Y/c23-18(15-20(19(24)25)11-13-21-14-12-20)22(16-7-3-1-4-8-16)17-9-5-2-6-10-17;10-7-1-3-8(4-2-7)11-9-5-6-9;/h1-10H,11-15H2,(H,24,25);1-4,9H,5-6H2;/q2*-1;. The number of anilines is 2. The molecule has 1 N–H and O–H groups in total. The van der Waals surface area contributed by atoms with Gasteiger partial charge in [0.05, 0.1) is 5.41 Å². The Morgan fingerprint density at radius 1 is 0.892 bits per heavy atom. The molecule has 0 atom stereocenters. The molecule has 3 aromatic carbocycles. The molecule has 8 heteroatoms.